The Hall–Kier alpha value is -1.67. The van der Waals surface area contributed by atoms with Crippen LogP contribution in [-0.2, 0) is 16.1 Å². The first-order valence-electron chi connectivity index (χ1n) is 8.27. The lowest BCUT2D eigenvalue weighted by atomic mass is 9.76. The van der Waals surface area contributed by atoms with Gasteiger partial charge in [-0.25, -0.2) is 9.78 Å². The number of rotatable bonds is 4. The molecule has 24 heavy (non-hydrogen) atoms. The van der Waals surface area contributed by atoms with Crippen molar-refractivity contribution in [3.8, 4) is 0 Å². The molecule has 2 aliphatic rings. The summed E-state index contributed by atoms with van der Waals surface area (Å²) in [5, 5.41) is 15.5. The minimum absolute atomic E-state index is 0.0383. The van der Waals surface area contributed by atoms with Crippen LogP contribution in [0.2, 0.25) is 0 Å². The Morgan fingerprint density at radius 1 is 1.46 bits per heavy atom. The summed E-state index contributed by atoms with van der Waals surface area (Å²) >= 11 is 1.61. The Morgan fingerprint density at radius 2 is 2.17 bits per heavy atom. The van der Waals surface area contributed by atoms with Gasteiger partial charge >= 0.3 is 5.97 Å². The van der Waals surface area contributed by atoms with E-state index in [4.69, 9.17) is 0 Å². The maximum Gasteiger partial charge on any atom is 0.326 e. The number of thiazole rings is 1. The number of hydrogen-bond donors (Lipinski definition) is 2. The predicted molar refractivity (Wildman–Crippen MR) is 92.0 cm³/mol. The zero-order chi connectivity index (χ0) is 17.3. The third-order valence-electron chi connectivity index (χ3n) is 5.27. The number of nitrogens with one attached hydrogen (secondary N) is 1. The van der Waals surface area contributed by atoms with Crippen LogP contribution in [0.1, 0.15) is 31.9 Å². The molecule has 8 heteroatoms. The summed E-state index contributed by atoms with van der Waals surface area (Å²) in [5.41, 5.74) is 1.03. The number of carboxylic acids is 1. The van der Waals surface area contributed by atoms with E-state index in [2.05, 4.69) is 20.6 Å². The third-order valence-corrected chi connectivity index (χ3v) is 6.17. The van der Waals surface area contributed by atoms with Gasteiger partial charge < -0.3 is 15.3 Å². The number of carboxylic acid groups (broad SMARTS) is 1. The Morgan fingerprint density at radius 3 is 2.67 bits per heavy atom. The SMILES string of the molecule is CNc1nc(CN2CCC3(CC2)CC(C(=O)O)N(C(C)=O)C3)cs1. The standard InChI is InChI=1S/C16H24N4O3S/c1-11(21)20-10-16(7-13(20)14(22)23)3-5-19(6-4-16)8-12-9-24-15(17-2)18-12/h9,13H,3-8,10H2,1-2H3,(H,17,18)(H,22,23). The van der Waals surface area contributed by atoms with Gasteiger partial charge in [0.15, 0.2) is 5.13 Å². The molecule has 1 amide bonds. The van der Waals surface area contributed by atoms with Crippen LogP contribution >= 0.6 is 11.3 Å². The van der Waals surface area contributed by atoms with Gasteiger partial charge in [0.25, 0.3) is 0 Å². The molecule has 2 aliphatic heterocycles. The number of hydrogen-bond acceptors (Lipinski definition) is 6. The van der Waals surface area contributed by atoms with E-state index in [1.807, 2.05) is 7.05 Å². The molecule has 0 saturated carbocycles. The zero-order valence-electron chi connectivity index (χ0n) is 14.1. The Kier molecular flexibility index (Phi) is 4.78. The first-order valence-corrected chi connectivity index (χ1v) is 9.15. The molecule has 0 aromatic carbocycles. The van der Waals surface area contributed by atoms with Gasteiger partial charge in [0.2, 0.25) is 5.91 Å². The highest BCUT2D eigenvalue weighted by atomic mass is 32.1. The lowest BCUT2D eigenvalue weighted by Gasteiger charge is -2.38. The lowest BCUT2D eigenvalue weighted by molar-refractivity contribution is -0.147. The second kappa shape index (κ2) is 6.68. The molecule has 3 rings (SSSR count). The minimum Gasteiger partial charge on any atom is -0.480 e. The van der Waals surface area contributed by atoms with Gasteiger partial charge in [0.05, 0.1) is 5.69 Å². The smallest absolute Gasteiger partial charge is 0.326 e. The number of anilines is 1. The molecule has 2 saturated heterocycles. The van der Waals surface area contributed by atoms with Gasteiger partial charge in [-0.05, 0) is 37.8 Å². The average molecular weight is 352 g/mol. The van der Waals surface area contributed by atoms with Crippen molar-refractivity contribution in [3.05, 3.63) is 11.1 Å². The highest BCUT2D eigenvalue weighted by Gasteiger charge is 2.49. The molecule has 0 bridgehead atoms. The van der Waals surface area contributed by atoms with Crippen LogP contribution in [-0.4, -0.2) is 64.5 Å². The summed E-state index contributed by atoms with van der Waals surface area (Å²) in [5.74, 6) is -1.02. The van der Waals surface area contributed by atoms with E-state index in [0.29, 0.717) is 13.0 Å². The largest absolute Gasteiger partial charge is 0.480 e. The van der Waals surface area contributed by atoms with Crippen LogP contribution in [0.25, 0.3) is 0 Å². The molecule has 7 nitrogen and oxygen atoms in total. The Balaban J connectivity index is 1.60. The molecule has 1 atom stereocenters. The first kappa shape index (κ1) is 17.2. The summed E-state index contributed by atoms with van der Waals surface area (Å²) in [4.78, 5) is 31.6. The van der Waals surface area contributed by atoms with Crippen LogP contribution in [0.5, 0.6) is 0 Å². The van der Waals surface area contributed by atoms with E-state index in [1.54, 1.807) is 11.3 Å². The second-order valence-electron chi connectivity index (χ2n) is 6.88. The number of aliphatic carboxylic acids is 1. The van der Waals surface area contributed by atoms with Crippen LogP contribution < -0.4 is 5.32 Å². The second-order valence-corrected chi connectivity index (χ2v) is 7.73. The molecule has 1 spiro atoms. The molecule has 132 valence electrons. The maximum atomic E-state index is 11.8. The number of carbonyl (C=O) groups is 2. The van der Waals surface area contributed by atoms with Crippen molar-refractivity contribution in [2.24, 2.45) is 5.41 Å². The molecule has 0 radical (unpaired) electrons. The summed E-state index contributed by atoms with van der Waals surface area (Å²) < 4.78 is 0. The van der Waals surface area contributed by atoms with Gasteiger partial charge in [0, 0.05) is 32.4 Å². The van der Waals surface area contributed by atoms with Gasteiger partial charge in [0.1, 0.15) is 6.04 Å². The fraction of sp³-hybridized carbons (Fsp3) is 0.688. The molecule has 1 unspecified atom stereocenters. The molecule has 2 N–H and O–H groups in total. The quantitative estimate of drug-likeness (QED) is 0.854. The number of carbonyl (C=O) groups excluding carboxylic acids is 1. The van der Waals surface area contributed by atoms with E-state index in [9.17, 15) is 14.7 Å². The van der Waals surface area contributed by atoms with Crippen LogP contribution in [0.3, 0.4) is 0 Å². The van der Waals surface area contributed by atoms with Crippen molar-refractivity contribution in [1.29, 1.82) is 0 Å². The van der Waals surface area contributed by atoms with E-state index < -0.39 is 12.0 Å². The highest BCUT2D eigenvalue weighted by Crippen LogP contribution is 2.43. The Bertz CT molecular complexity index is 601. The number of likely N-dealkylation sites (tertiary alicyclic amines) is 2. The topological polar surface area (TPSA) is 85.8 Å². The molecule has 2 fully saturated rings. The van der Waals surface area contributed by atoms with Crippen LogP contribution in [0.15, 0.2) is 5.38 Å². The van der Waals surface area contributed by atoms with Crippen LogP contribution in [0, 0.1) is 5.41 Å². The third kappa shape index (κ3) is 3.39. The predicted octanol–water partition coefficient (Wildman–Crippen LogP) is 1.47. The monoisotopic (exact) mass is 352 g/mol. The normalized spacial score (nSPS) is 23.6. The van der Waals surface area contributed by atoms with Crippen molar-refractivity contribution in [3.63, 3.8) is 0 Å². The van der Waals surface area contributed by atoms with E-state index >= 15 is 0 Å². The van der Waals surface area contributed by atoms with Crippen molar-refractivity contribution in [2.45, 2.75) is 38.8 Å². The van der Waals surface area contributed by atoms with Crippen molar-refractivity contribution in [1.82, 2.24) is 14.8 Å². The fourth-order valence-electron chi connectivity index (χ4n) is 3.88. The van der Waals surface area contributed by atoms with Crippen LogP contribution in [0.4, 0.5) is 5.13 Å². The lowest BCUT2D eigenvalue weighted by Crippen LogP contribution is -2.42. The molecule has 1 aromatic rings. The molecular formula is C16H24N4O3S. The summed E-state index contributed by atoms with van der Waals surface area (Å²) in [6.45, 7) is 4.71. The summed E-state index contributed by atoms with van der Waals surface area (Å²) in [6.07, 6.45) is 2.45. The van der Waals surface area contributed by atoms with Gasteiger partial charge in [-0.3, -0.25) is 9.69 Å². The maximum absolute atomic E-state index is 11.8. The van der Waals surface area contributed by atoms with Crippen molar-refractivity contribution >= 4 is 28.3 Å². The Labute approximate surface area is 145 Å². The average Bonchev–Trinajstić information content (AvgIpc) is 3.15. The molecular weight excluding hydrogens is 328 g/mol. The molecule has 3 heterocycles. The van der Waals surface area contributed by atoms with Crippen molar-refractivity contribution < 1.29 is 14.7 Å². The van der Waals surface area contributed by atoms with Gasteiger partial charge in [-0.1, -0.05) is 0 Å². The molecule has 0 aliphatic carbocycles. The molecule has 1 aromatic heterocycles. The number of amides is 1. The van der Waals surface area contributed by atoms with Gasteiger partial charge in [-0.2, -0.15) is 0 Å². The van der Waals surface area contributed by atoms with Gasteiger partial charge in [-0.15, -0.1) is 11.3 Å². The highest BCUT2D eigenvalue weighted by molar-refractivity contribution is 7.13. The number of aromatic nitrogens is 1. The number of nitrogens with zero attached hydrogens (tertiary/aromatic N) is 3. The summed E-state index contributed by atoms with van der Waals surface area (Å²) in [6, 6.07) is -0.661. The zero-order valence-corrected chi connectivity index (χ0v) is 14.9. The first-order chi connectivity index (χ1) is 11.4. The van der Waals surface area contributed by atoms with Crippen molar-refractivity contribution in [2.75, 3.05) is 32.0 Å². The number of piperidine rings is 1. The fourth-order valence-corrected chi connectivity index (χ4v) is 4.54. The summed E-state index contributed by atoms with van der Waals surface area (Å²) in [7, 11) is 1.87. The van der Waals surface area contributed by atoms with E-state index in [-0.39, 0.29) is 11.3 Å². The minimum atomic E-state index is -0.883. The van der Waals surface area contributed by atoms with E-state index in [0.717, 1.165) is 43.3 Å². The van der Waals surface area contributed by atoms with E-state index in [1.165, 1.54) is 11.8 Å².